The third-order valence-corrected chi connectivity index (χ3v) is 6.01. The van der Waals surface area contributed by atoms with E-state index in [1.165, 1.54) is 12.2 Å². The number of nitrogens with one attached hydrogen (secondary N) is 1. The maximum Gasteiger partial charge on any atom is 0.257 e. The number of carbonyl (C=O) groups is 2. The summed E-state index contributed by atoms with van der Waals surface area (Å²) >= 11 is 0. The van der Waals surface area contributed by atoms with Crippen molar-refractivity contribution in [2.24, 2.45) is 4.40 Å². The number of hydrogen-bond donors (Lipinski definition) is 1. The smallest absolute Gasteiger partial charge is 0.257 e. The summed E-state index contributed by atoms with van der Waals surface area (Å²) in [4.78, 5) is 28.6. The van der Waals surface area contributed by atoms with Gasteiger partial charge in [-0.05, 0) is 43.2 Å². The van der Waals surface area contributed by atoms with Crippen LogP contribution in [0.1, 0.15) is 23.2 Å². The molecule has 1 aromatic carbocycles. The molecule has 1 aromatic rings. The zero-order valence-electron chi connectivity index (χ0n) is 15.2. The molecule has 1 fully saturated rings. The van der Waals surface area contributed by atoms with Crippen LogP contribution in [0, 0.1) is 0 Å². The molecule has 8 nitrogen and oxygen atoms in total. The molecule has 0 radical (unpaired) electrons. The highest BCUT2D eigenvalue weighted by molar-refractivity contribution is 7.90. The fraction of sp³-hybridized carbons (Fsp3) is 0.316. The van der Waals surface area contributed by atoms with E-state index in [0.717, 1.165) is 25.9 Å². The van der Waals surface area contributed by atoms with E-state index in [9.17, 15) is 18.0 Å². The fourth-order valence-electron chi connectivity index (χ4n) is 3.37. The van der Waals surface area contributed by atoms with Crippen molar-refractivity contribution in [3.63, 3.8) is 0 Å². The molecule has 0 aliphatic carbocycles. The van der Waals surface area contributed by atoms with Gasteiger partial charge in [-0.15, -0.1) is 4.40 Å². The van der Waals surface area contributed by atoms with Crippen molar-refractivity contribution in [2.75, 3.05) is 30.7 Å². The Bertz CT molecular complexity index is 1020. The Morgan fingerprint density at radius 1 is 1.07 bits per heavy atom. The number of hydrogen-bond acceptors (Lipinski definition) is 5. The number of nitrogens with zero attached hydrogens (tertiary/aromatic N) is 3. The second-order valence-electron chi connectivity index (χ2n) is 6.88. The van der Waals surface area contributed by atoms with Gasteiger partial charge in [0.1, 0.15) is 5.84 Å². The largest absolute Gasteiger partial charge is 0.339 e. The fourth-order valence-corrected chi connectivity index (χ4v) is 4.34. The lowest BCUT2D eigenvalue weighted by Gasteiger charge is -2.27. The van der Waals surface area contributed by atoms with Crippen LogP contribution in [-0.4, -0.2) is 61.3 Å². The predicted octanol–water partition coefficient (Wildman–Crippen LogP) is 1.36. The number of likely N-dealkylation sites (tertiary alicyclic amines) is 1. The van der Waals surface area contributed by atoms with Crippen molar-refractivity contribution in [3.8, 4) is 0 Å². The Kier molecular flexibility index (Phi) is 4.76. The number of anilines is 1. The molecular weight excluding hydrogens is 380 g/mol. The first kappa shape index (κ1) is 18.4. The molecule has 3 aliphatic heterocycles. The summed E-state index contributed by atoms with van der Waals surface area (Å²) < 4.78 is 26.8. The molecule has 4 rings (SSSR count). The van der Waals surface area contributed by atoms with Crippen molar-refractivity contribution in [3.05, 3.63) is 53.8 Å². The molecule has 0 saturated carbocycles. The maximum absolute atomic E-state index is 12.6. The summed E-state index contributed by atoms with van der Waals surface area (Å²) in [5, 5.41) is 2.80. The van der Waals surface area contributed by atoms with Crippen LogP contribution in [0.25, 0.3) is 0 Å². The summed E-state index contributed by atoms with van der Waals surface area (Å²) in [6.45, 7) is 1.78. The summed E-state index contributed by atoms with van der Waals surface area (Å²) in [6, 6.07) is 6.88. The number of fused-ring (bicyclic) bond motifs is 1. The molecule has 3 heterocycles. The molecule has 9 heteroatoms. The Labute approximate surface area is 163 Å². The van der Waals surface area contributed by atoms with E-state index >= 15 is 0 Å². The Morgan fingerprint density at radius 2 is 1.86 bits per heavy atom. The normalized spacial score (nSPS) is 20.3. The van der Waals surface area contributed by atoms with E-state index in [2.05, 4.69) is 9.71 Å². The van der Waals surface area contributed by atoms with Crippen LogP contribution in [0.5, 0.6) is 0 Å². The maximum atomic E-state index is 12.6. The summed E-state index contributed by atoms with van der Waals surface area (Å²) in [5.74, 6) is -0.146. The van der Waals surface area contributed by atoms with Crippen molar-refractivity contribution in [1.82, 2.24) is 9.80 Å². The van der Waals surface area contributed by atoms with Gasteiger partial charge in [0.05, 0.1) is 11.3 Å². The minimum absolute atomic E-state index is 0.0271. The van der Waals surface area contributed by atoms with Gasteiger partial charge in [-0.1, -0.05) is 6.07 Å². The zero-order valence-corrected chi connectivity index (χ0v) is 16.0. The van der Waals surface area contributed by atoms with E-state index in [-0.39, 0.29) is 24.1 Å². The van der Waals surface area contributed by atoms with Crippen LogP contribution in [0.15, 0.2) is 52.6 Å². The standard InChI is InChI=1S/C19H20N4O4S/c24-18(15-6-7-17-21-28(26,27)11-10-23(17)13-15)20-16-5-3-4-14(12-16)19(25)22-8-1-2-9-22/h3-7,12-13H,1-2,8-11H2,(H,20,24). The van der Waals surface area contributed by atoms with E-state index in [1.54, 1.807) is 35.4 Å². The highest BCUT2D eigenvalue weighted by atomic mass is 32.2. The van der Waals surface area contributed by atoms with Crippen molar-refractivity contribution < 1.29 is 18.0 Å². The first-order valence-corrected chi connectivity index (χ1v) is 10.7. The Morgan fingerprint density at radius 3 is 2.64 bits per heavy atom. The average Bonchev–Trinajstić information content (AvgIpc) is 3.21. The number of carbonyl (C=O) groups excluding carboxylic acids is 2. The second-order valence-corrected chi connectivity index (χ2v) is 8.64. The second kappa shape index (κ2) is 7.23. The molecule has 3 aliphatic rings. The Balaban J connectivity index is 1.47. The Hall–Kier alpha value is -2.94. The topological polar surface area (TPSA) is 99.1 Å². The highest BCUT2D eigenvalue weighted by Gasteiger charge is 2.25. The minimum Gasteiger partial charge on any atom is -0.339 e. The van der Waals surface area contributed by atoms with Gasteiger partial charge in [0.15, 0.2) is 0 Å². The van der Waals surface area contributed by atoms with Crippen LogP contribution in [0.3, 0.4) is 0 Å². The van der Waals surface area contributed by atoms with Crippen LogP contribution in [0.2, 0.25) is 0 Å². The van der Waals surface area contributed by atoms with Gasteiger partial charge in [-0.3, -0.25) is 9.59 Å². The van der Waals surface area contributed by atoms with Crippen LogP contribution >= 0.6 is 0 Å². The van der Waals surface area contributed by atoms with Crippen molar-refractivity contribution in [1.29, 1.82) is 0 Å². The zero-order chi connectivity index (χ0) is 19.7. The molecule has 146 valence electrons. The van der Waals surface area contributed by atoms with E-state index in [4.69, 9.17) is 0 Å². The lowest BCUT2D eigenvalue weighted by Crippen LogP contribution is -2.37. The van der Waals surface area contributed by atoms with Crippen LogP contribution in [-0.2, 0) is 14.8 Å². The molecule has 2 amide bonds. The first-order valence-electron chi connectivity index (χ1n) is 9.11. The highest BCUT2D eigenvalue weighted by Crippen LogP contribution is 2.19. The monoisotopic (exact) mass is 400 g/mol. The average molecular weight is 400 g/mol. The number of amides is 2. The quantitative estimate of drug-likeness (QED) is 0.826. The molecule has 0 atom stereocenters. The van der Waals surface area contributed by atoms with E-state index < -0.39 is 10.0 Å². The molecule has 0 unspecified atom stereocenters. The minimum atomic E-state index is -3.43. The number of rotatable bonds is 3. The molecule has 1 saturated heterocycles. The summed E-state index contributed by atoms with van der Waals surface area (Å²) in [7, 11) is -3.43. The lowest BCUT2D eigenvalue weighted by atomic mass is 10.1. The molecule has 0 aromatic heterocycles. The SMILES string of the molecule is O=C(Nc1cccc(C(=O)N2CCCC2)c1)C1=CN2CCS(=O)(=O)N=C2C=C1. The van der Waals surface area contributed by atoms with Gasteiger partial charge in [-0.25, -0.2) is 8.42 Å². The predicted molar refractivity (Wildman–Crippen MR) is 105 cm³/mol. The third-order valence-electron chi connectivity index (χ3n) is 4.85. The van der Waals surface area contributed by atoms with Gasteiger partial charge in [0.2, 0.25) is 0 Å². The molecule has 1 N–H and O–H groups in total. The van der Waals surface area contributed by atoms with Crippen LogP contribution in [0.4, 0.5) is 5.69 Å². The molecular formula is C19H20N4O4S. The van der Waals surface area contributed by atoms with Gasteiger partial charge < -0.3 is 15.1 Å². The van der Waals surface area contributed by atoms with Gasteiger partial charge >= 0.3 is 0 Å². The number of benzene rings is 1. The van der Waals surface area contributed by atoms with Crippen molar-refractivity contribution >= 4 is 33.4 Å². The van der Waals surface area contributed by atoms with Gasteiger partial charge in [-0.2, -0.15) is 0 Å². The third kappa shape index (κ3) is 3.84. The number of amidine groups is 1. The van der Waals surface area contributed by atoms with Gasteiger partial charge in [0.25, 0.3) is 21.8 Å². The van der Waals surface area contributed by atoms with Crippen LogP contribution < -0.4 is 5.32 Å². The van der Waals surface area contributed by atoms with E-state index in [0.29, 0.717) is 22.7 Å². The molecule has 0 bridgehead atoms. The number of sulfonamides is 1. The van der Waals surface area contributed by atoms with E-state index in [1.807, 2.05) is 4.90 Å². The molecule has 28 heavy (non-hydrogen) atoms. The first-order chi connectivity index (χ1) is 13.4. The molecule has 0 spiro atoms. The summed E-state index contributed by atoms with van der Waals surface area (Å²) in [6.07, 6.45) is 6.67. The van der Waals surface area contributed by atoms with Crippen molar-refractivity contribution in [2.45, 2.75) is 12.8 Å². The van der Waals surface area contributed by atoms with Gasteiger partial charge in [0, 0.05) is 37.1 Å². The summed E-state index contributed by atoms with van der Waals surface area (Å²) in [5.41, 5.74) is 1.46. The lowest BCUT2D eigenvalue weighted by molar-refractivity contribution is -0.112.